The number of carbonyl (C=O) groups is 1. The highest BCUT2D eigenvalue weighted by atomic mass is 19.3. The molecule has 2 heterocycles. The number of amides is 1. The minimum absolute atomic E-state index is 0.0545. The van der Waals surface area contributed by atoms with Crippen molar-refractivity contribution in [2.75, 3.05) is 6.54 Å². The van der Waals surface area contributed by atoms with Crippen molar-refractivity contribution in [1.29, 1.82) is 0 Å². The second kappa shape index (κ2) is 10.3. The van der Waals surface area contributed by atoms with Crippen molar-refractivity contribution in [3.8, 4) is 5.75 Å². The molecule has 1 aromatic heterocycles. The van der Waals surface area contributed by atoms with Crippen molar-refractivity contribution >= 4 is 5.91 Å². The van der Waals surface area contributed by atoms with Gasteiger partial charge in [0, 0.05) is 43.8 Å². The molecule has 8 heteroatoms. The van der Waals surface area contributed by atoms with Gasteiger partial charge in [-0.15, -0.1) is 0 Å². The first-order valence-electron chi connectivity index (χ1n) is 13.2. The van der Waals surface area contributed by atoms with Crippen LogP contribution < -0.4 is 10.3 Å². The molecule has 0 bridgehead atoms. The highest BCUT2D eigenvalue weighted by Gasteiger charge is 2.45. The molecule has 2 aromatic carbocycles. The summed E-state index contributed by atoms with van der Waals surface area (Å²) < 4.78 is 36.3. The van der Waals surface area contributed by atoms with E-state index < -0.39 is 16.9 Å². The van der Waals surface area contributed by atoms with E-state index in [1.807, 2.05) is 74.5 Å². The van der Waals surface area contributed by atoms with Crippen molar-refractivity contribution in [1.82, 2.24) is 14.5 Å². The Balaban J connectivity index is 1.58. The molecule has 6 nitrogen and oxygen atoms in total. The van der Waals surface area contributed by atoms with E-state index in [1.165, 1.54) is 0 Å². The Hall–Kier alpha value is -3.55. The molecule has 1 amide bonds. The van der Waals surface area contributed by atoms with E-state index in [-0.39, 0.29) is 55.7 Å². The number of rotatable bonds is 7. The van der Waals surface area contributed by atoms with Gasteiger partial charge in [0.15, 0.2) is 5.69 Å². The molecule has 0 saturated heterocycles. The van der Waals surface area contributed by atoms with Gasteiger partial charge in [0.05, 0.1) is 0 Å². The number of fused-ring (bicyclic) bond motifs is 1. The van der Waals surface area contributed by atoms with Crippen LogP contribution in [0.2, 0.25) is 0 Å². The molecule has 3 aromatic rings. The summed E-state index contributed by atoms with van der Waals surface area (Å²) in [6.07, 6.45) is 0.388. The molecule has 0 atom stereocenters. The Morgan fingerprint density at radius 1 is 0.921 bits per heavy atom. The van der Waals surface area contributed by atoms with Crippen LogP contribution in [0, 0.1) is 0 Å². The lowest BCUT2D eigenvalue weighted by molar-refractivity contribution is -0.0525. The molecule has 0 unspecified atom stereocenters. The smallest absolute Gasteiger partial charge is 0.316 e. The SMILES string of the molecule is CC(C)N1CCn2c(CC3(c4ccccc4)CCC(F)(F)CC3)nc(=O)c(OCc3ccccc3)c2C1=O. The third kappa shape index (κ3) is 5.08. The Morgan fingerprint density at radius 3 is 2.18 bits per heavy atom. The Bertz CT molecular complexity index is 1350. The number of nitrogens with zero attached hydrogens (tertiary/aromatic N) is 3. The summed E-state index contributed by atoms with van der Waals surface area (Å²) in [5, 5.41) is 0. The van der Waals surface area contributed by atoms with Crippen LogP contribution in [0.25, 0.3) is 0 Å². The zero-order chi connectivity index (χ0) is 26.9. The van der Waals surface area contributed by atoms with Crippen molar-refractivity contribution in [3.63, 3.8) is 0 Å². The van der Waals surface area contributed by atoms with Crippen molar-refractivity contribution in [2.45, 2.75) is 76.5 Å². The molecule has 0 N–H and O–H groups in total. The molecular formula is C30H33F2N3O3. The largest absolute Gasteiger partial charge is 0.481 e. The fourth-order valence-corrected chi connectivity index (χ4v) is 5.72. The summed E-state index contributed by atoms with van der Waals surface area (Å²) >= 11 is 0. The second-order valence-electron chi connectivity index (χ2n) is 10.7. The van der Waals surface area contributed by atoms with Gasteiger partial charge < -0.3 is 14.2 Å². The molecule has 1 fully saturated rings. The number of halogens is 2. The third-order valence-corrected chi connectivity index (χ3v) is 7.92. The Labute approximate surface area is 221 Å². The van der Waals surface area contributed by atoms with E-state index in [0.29, 0.717) is 25.3 Å². The number of hydrogen-bond acceptors (Lipinski definition) is 4. The molecule has 1 saturated carbocycles. The lowest BCUT2D eigenvalue weighted by atomic mass is 9.66. The van der Waals surface area contributed by atoms with Crippen LogP contribution in [-0.4, -0.2) is 38.9 Å². The van der Waals surface area contributed by atoms with Gasteiger partial charge in [0.25, 0.3) is 5.91 Å². The summed E-state index contributed by atoms with van der Waals surface area (Å²) in [5.41, 5.74) is 0.804. The molecule has 38 heavy (non-hydrogen) atoms. The first kappa shape index (κ1) is 26.1. The standard InChI is InChI=1S/C30H33F2N3O3/c1-21(2)34-17-18-35-24(19-29(23-11-7-4-8-12-23)13-15-30(31,32)16-14-29)33-27(36)26(25(35)28(34)37)38-20-22-9-5-3-6-10-22/h3-12,21H,13-20H2,1-2H3. The summed E-state index contributed by atoms with van der Waals surface area (Å²) in [5.74, 6) is -2.59. The van der Waals surface area contributed by atoms with Crippen LogP contribution in [0.4, 0.5) is 8.78 Å². The summed E-state index contributed by atoms with van der Waals surface area (Å²) in [6.45, 7) is 4.91. The summed E-state index contributed by atoms with van der Waals surface area (Å²) in [6, 6.07) is 19.0. The number of alkyl halides is 2. The molecule has 1 aliphatic heterocycles. The second-order valence-corrected chi connectivity index (χ2v) is 10.7. The van der Waals surface area contributed by atoms with Crippen LogP contribution in [0.5, 0.6) is 5.75 Å². The van der Waals surface area contributed by atoms with E-state index in [2.05, 4.69) is 4.98 Å². The highest BCUT2D eigenvalue weighted by molar-refractivity contribution is 5.96. The van der Waals surface area contributed by atoms with Crippen LogP contribution in [0.1, 0.15) is 67.0 Å². The monoisotopic (exact) mass is 521 g/mol. The average Bonchev–Trinajstić information content (AvgIpc) is 2.91. The maximum Gasteiger partial charge on any atom is 0.316 e. The Kier molecular flexibility index (Phi) is 7.07. The predicted molar refractivity (Wildman–Crippen MR) is 141 cm³/mol. The topological polar surface area (TPSA) is 64.4 Å². The van der Waals surface area contributed by atoms with Crippen LogP contribution in [0.3, 0.4) is 0 Å². The van der Waals surface area contributed by atoms with Crippen LogP contribution in [-0.2, 0) is 25.0 Å². The number of hydrogen-bond donors (Lipinski definition) is 0. The van der Waals surface area contributed by atoms with Crippen LogP contribution in [0.15, 0.2) is 65.5 Å². The summed E-state index contributed by atoms with van der Waals surface area (Å²) in [7, 11) is 0. The minimum Gasteiger partial charge on any atom is -0.481 e. The molecule has 5 rings (SSSR count). The first-order chi connectivity index (χ1) is 18.2. The molecule has 0 spiro atoms. The van der Waals surface area contributed by atoms with E-state index in [4.69, 9.17) is 4.74 Å². The fourth-order valence-electron chi connectivity index (χ4n) is 5.72. The minimum atomic E-state index is -2.70. The van der Waals surface area contributed by atoms with Gasteiger partial charge in [-0.25, -0.2) is 8.78 Å². The van der Waals surface area contributed by atoms with Gasteiger partial charge in [-0.05, 0) is 37.8 Å². The zero-order valence-electron chi connectivity index (χ0n) is 21.8. The predicted octanol–water partition coefficient (Wildman–Crippen LogP) is 5.38. The van der Waals surface area contributed by atoms with Crippen molar-refractivity contribution in [2.24, 2.45) is 0 Å². The van der Waals surface area contributed by atoms with E-state index in [1.54, 1.807) is 9.47 Å². The van der Waals surface area contributed by atoms with Gasteiger partial charge in [-0.1, -0.05) is 60.7 Å². The normalized spacial score (nSPS) is 18.3. The van der Waals surface area contributed by atoms with Gasteiger partial charge in [-0.3, -0.25) is 9.59 Å². The molecule has 2 aliphatic rings. The zero-order valence-corrected chi connectivity index (χ0v) is 21.8. The van der Waals surface area contributed by atoms with E-state index >= 15 is 0 Å². The molecular weight excluding hydrogens is 488 g/mol. The molecule has 200 valence electrons. The fraction of sp³-hybridized carbons (Fsp3) is 0.433. The van der Waals surface area contributed by atoms with Gasteiger partial charge in [-0.2, -0.15) is 4.98 Å². The van der Waals surface area contributed by atoms with Gasteiger partial charge >= 0.3 is 5.56 Å². The maximum atomic E-state index is 14.2. The molecule has 1 aliphatic carbocycles. The van der Waals surface area contributed by atoms with Gasteiger partial charge in [0.2, 0.25) is 11.7 Å². The number of ether oxygens (including phenoxy) is 1. The van der Waals surface area contributed by atoms with Crippen LogP contribution >= 0.6 is 0 Å². The number of aromatic nitrogens is 2. The average molecular weight is 522 g/mol. The third-order valence-electron chi connectivity index (χ3n) is 7.92. The number of benzene rings is 2. The summed E-state index contributed by atoms with van der Waals surface area (Å²) in [4.78, 5) is 33.2. The van der Waals surface area contributed by atoms with Gasteiger partial charge in [0.1, 0.15) is 12.4 Å². The lowest BCUT2D eigenvalue weighted by Gasteiger charge is -2.41. The number of carbonyl (C=O) groups excluding carboxylic acids is 1. The van der Waals surface area contributed by atoms with Crippen molar-refractivity contribution < 1.29 is 18.3 Å². The maximum absolute atomic E-state index is 14.2. The van der Waals surface area contributed by atoms with E-state index in [0.717, 1.165) is 11.1 Å². The first-order valence-corrected chi connectivity index (χ1v) is 13.2. The van der Waals surface area contributed by atoms with E-state index in [9.17, 15) is 18.4 Å². The molecule has 0 radical (unpaired) electrons. The Morgan fingerprint density at radius 2 is 1.55 bits per heavy atom. The highest BCUT2D eigenvalue weighted by Crippen LogP contribution is 2.47. The lowest BCUT2D eigenvalue weighted by Crippen LogP contribution is -2.47. The quantitative estimate of drug-likeness (QED) is 0.419. The van der Waals surface area contributed by atoms with Crippen molar-refractivity contribution in [3.05, 3.63) is 93.7 Å².